The highest BCUT2D eigenvalue weighted by atomic mass is 35.5. The van der Waals surface area contributed by atoms with Crippen LogP contribution in [0.25, 0.3) is 0 Å². The number of piperidine rings is 1. The third kappa shape index (κ3) is 2.93. The van der Waals surface area contributed by atoms with E-state index in [9.17, 15) is 9.90 Å². The second-order valence-electron chi connectivity index (χ2n) is 5.33. The first-order valence-corrected chi connectivity index (χ1v) is 7.10. The topological polar surface area (TPSA) is 40.5 Å². The minimum absolute atomic E-state index is 0.0203. The zero-order valence-electron chi connectivity index (χ0n) is 11.4. The Bertz CT molecular complexity index is 475. The van der Waals surface area contributed by atoms with Crippen LogP contribution >= 0.6 is 11.6 Å². The first-order chi connectivity index (χ1) is 9.04. The van der Waals surface area contributed by atoms with E-state index >= 15 is 0 Å². The number of aliphatic hydroxyl groups excluding tert-OH is 1. The zero-order valence-corrected chi connectivity index (χ0v) is 12.2. The molecule has 3 nitrogen and oxygen atoms in total. The minimum atomic E-state index is -0.0821. The maximum atomic E-state index is 12.5. The summed E-state index contributed by atoms with van der Waals surface area (Å²) in [4.78, 5) is 14.3. The van der Waals surface area contributed by atoms with Gasteiger partial charge in [-0.05, 0) is 43.4 Å². The molecule has 0 radical (unpaired) electrons. The number of aliphatic hydroxyl groups is 1. The van der Waals surface area contributed by atoms with Crippen molar-refractivity contribution >= 4 is 17.5 Å². The minimum Gasteiger partial charge on any atom is -0.394 e. The van der Waals surface area contributed by atoms with Gasteiger partial charge in [0, 0.05) is 17.1 Å². The quantitative estimate of drug-likeness (QED) is 0.905. The fraction of sp³-hybridized carbons (Fsp3) is 0.533. The molecule has 104 valence electrons. The van der Waals surface area contributed by atoms with Gasteiger partial charge in [0.2, 0.25) is 0 Å². The van der Waals surface area contributed by atoms with Crippen molar-refractivity contribution in [3.63, 3.8) is 0 Å². The summed E-state index contributed by atoms with van der Waals surface area (Å²) < 4.78 is 0. The van der Waals surface area contributed by atoms with Crippen LogP contribution in [0.15, 0.2) is 18.2 Å². The van der Waals surface area contributed by atoms with Crippen LogP contribution in [0.5, 0.6) is 0 Å². The number of rotatable bonds is 2. The van der Waals surface area contributed by atoms with Gasteiger partial charge in [-0.2, -0.15) is 0 Å². The molecular formula is C15H20ClNO2. The average Bonchev–Trinajstić information content (AvgIpc) is 2.40. The molecule has 4 heteroatoms. The fourth-order valence-electron chi connectivity index (χ4n) is 2.67. The predicted octanol–water partition coefficient (Wildman–Crippen LogP) is 2.88. The Labute approximate surface area is 119 Å². The van der Waals surface area contributed by atoms with Crippen molar-refractivity contribution in [1.29, 1.82) is 0 Å². The molecule has 0 bridgehead atoms. The van der Waals surface area contributed by atoms with Crippen LogP contribution in [-0.2, 0) is 0 Å². The van der Waals surface area contributed by atoms with Crippen LogP contribution in [0.3, 0.4) is 0 Å². The van der Waals surface area contributed by atoms with Gasteiger partial charge in [0.1, 0.15) is 0 Å². The number of aryl methyl sites for hydroxylation is 1. The fourth-order valence-corrected chi connectivity index (χ4v) is 2.85. The number of hydrogen-bond acceptors (Lipinski definition) is 2. The van der Waals surface area contributed by atoms with Gasteiger partial charge in [-0.25, -0.2) is 0 Å². The lowest BCUT2D eigenvalue weighted by Crippen LogP contribution is -2.49. The van der Waals surface area contributed by atoms with E-state index < -0.39 is 0 Å². The van der Waals surface area contributed by atoms with Gasteiger partial charge in [0.15, 0.2) is 0 Å². The molecule has 1 saturated heterocycles. The molecule has 0 saturated carbocycles. The van der Waals surface area contributed by atoms with E-state index in [4.69, 9.17) is 11.6 Å². The number of benzene rings is 1. The Morgan fingerprint density at radius 3 is 2.89 bits per heavy atom. The molecule has 1 heterocycles. The highest BCUT2D eigenvalue weighted by Gasteiger charge is 2.31. The number of carbonyl (C=O) groups is 1. The first kappa shape index (κ1) is 14.4. The summed E-state index contributed by atoms with van der Waals surface area (Å²) in [5.74, 6) is 0.302. The monoisotopic (exact) mass is 281 g/mol. The summed E-state index contributed by atoms with van der Waals surface area (Å²) in [5, 5.41) is 10.1. The van der Waals surface area contributed by atoms with Crippen molar-refractivity contribution in [2.24, 2.45) is 5.92 Å². The Balaban J connectivity index is 2.24. The summed E-state index contributed by atoms with van der Waals surface area (Å²) >= 11 is 6.08. The van der Waals surface area contributed by atoms with E-state index in [1.54, 1.807) is 17.0 Å². The second kappa shape index (κ2) is 5.93. The van der Waals surface area contributed by atoms with E-state index in [0.29, 0.717) is 23.0 Å². The highest BCUT2D eigenvalue weighted by molar-refractivity contribution is 6.31. The third-order valence-corrected chi connectivity index (χ3v) is 4.39. The maximum Gasteiger partial charge on any atom is 0.254 e. The zero-order chi connectivity index (χ0) is 14.0. The maximum absolute atomic E-state index is 12.5. The van der Waals surface area contributed by atoms with Crippen LogP contribution in [0.2, 0.25) is 5.02 Å². The van der Waals surface area contributed by atoms with Gasteiger partial charge < -0.3 is 10.0 Å². The van der Waals surface area contributed by atoms with Crippen molar-refractivity contribution in [2.75, 3.05) is 13.2 Å². The molecule has 2 rings (SSSR count). The summed E-state index contributed by atoms with van der Waals surface area (Å²) in [6.07, 6.45) is 2.05. The normalized spacial score (nSPS) is 23.5. The Morgan fingerprint density at radius 2 is 2.26 bits per heavy atom. The molecule has 19 heavy (non-hydrogen) atoms. The molecule has 1 amide bonds. The summed E-state index contributed by atoms with van der Waals surface area (Å²) in [7, 11) is 0. The lowest BCUT2D eigenvalue weighted by molar-refractivity contribution is 0.0358. The third-order valence-electron chi connectivity index (χ3n) is 3.98. The van der Waals surface area contributed by atoms with Crippen molar-refractivity contribution in [3.8, 4) is 0 Å². The predicted molar refractivity (Wildman–Crippen MR) is 76.5 cm³/mol. The molecule has 0 spiro atoms. The molecule has 2 atom stereocenters. The molecule has 0 aliphatic carbocycles. The molecular weight excluding hydrogens is 262 g/mol. The lowest BCUT2D eigenvalue weighted by Gasteiger charge is -2.39. The van der Waals surface area contributed by atoms with Gasteiger partial charge >= 0.3 is 0 Å². The van der Waals surface area contributed by atoms with Crippen LogP contribution in [-0.4, -0.2) is 35.1 Å². The van der Waals surface area contributed by atoms with Crippen LogP contribution in [0, 0.1) is 12.8 Å². The largest absolute Gasteiger partial charge is 0.394 e. The Morgan fingerprint density at radius 1 is 1.53 bits per heavy atom. The molecule has 1 aliphatic heterocycles. The Hall–Kier alpha value is -1.06. The first-order valence-electron chi connectivity index (χ1n) is 6.72. The van der Waals surface area contributed by atoms with E-state index in [2.05, 4.69) is 6.92 Å². The molecule has 0 aromatic heterocycles. The Kier molecular flexibility index (Phi) is 4.48. The van der Waals surface area contributed by atoms with Gasteiger partial charge in [-0.1, -0.05) is 24.6 Å². The molecule has 1 N–H and O–H groups in total. The smallest absolute Gasteiger partial charge is 0.254 e. The number of amides is 1. The molecule has 1 aromatic carbocycles. The van der Waals surface area contributed by atoms with Crippen molar-refractivity contribution in [1.82, 2.24) is 4.90 Å². The van der Waals surface area contributed by atoms with E-state index in [1.165, 1.54) is 0 Å². The molecule has 1 aliphatic rings. The van der Waals surface area contributed by atoms with Crippen LogP contribution in [0.1, 0.15) is 35.7 Å². The van der Waals surface area contributed by atoms with E-state index in [0.717, 1.165) is 18.4 Å². The van der Waals surface area contributed by atoms with Crippen molar-refractivity contribution < 1.29 is 9.90 Å². The van der Waals surface area contributed by atoms with Crippen molar-refractivity contribution in [2.45, 2.75) is 32.7 Å². The number of hydrogen-bond donors (Lipinski definition) is 1. The van der Waals surface area contributed by atoms with Gasteiger partial charge in [-0.15, -0.1) is 0 Å². The molecule has 1 fully saturated rings. The highest BCUT2D eigenvalue weighted by Crippen LogP contribution is 2.26. The summed E-state index contributed by atoms with van der Waals surface area (Å²) in [5.41, 5.74) is 1.56. The van der Waals surface area contributed by atoms with Gasteiger partial charge in [0.05, 0.1) is 12.6 Å². The SMILES string of the molecule is Cc1ccc(C(=O)N2CCCC(C)C2CO)cc1Cl. The van der Waals surface area contributed by atoms with E-state index in [1.807, 2.05) is 13.0 Å². The van der Waals surface area contributed by atoms with Gasteiger partial charge in [0.25, 0.3) is 5.91 Å². The summed E-state index contributed by atoms with van der Waals surface area (Å²) in [6, 6.07) is 5.29. The van der Waals surface area contributed by atoms with Gasteiger partial charge in [-0.3, -0.25) is 4.79 Å². The number of halogens is 1. The van der Waals surface area contributed by atoms with E-state index in [-0.39, 0.29) is 18.6 Å². The van der Waals surface area contributed by atoms with Crippen molar-refractivity contribution in [3.05, 3.63) is 34.3 Å². The van der Waals surface area contributed by atoms with Crippen LogP contribution < -0.4 is 0 Å². The summed E-state index contributed by atoms with van der Waals surface area (Å²) in [6.45, 7) is 4.73. The second-order valence-corrected chi connectivity index (χ2v) is 5.74. The molecule has 1 aromatic rings. The standard InChI is InChI=1S/C15H20ClNO2/c1-10-5-6-12(8-13(10)16)15(19)17-7-3-4-11(2)14(17)9-18/h5-6,8,11,14,18H,3-4,7,9H2,1-2H3. The molecule has 2 unspecified atom stereocenters. The van der Waals surface area contributed by atoms with Crippen LogP contribution in [0.4, 0.5) is 0 Å². The number of carbonyl (C=O) groups excluding carboxylic acids is 1. The average molecular weight is 282 g/mol. The number of likely N-dealkylation sites (tertiary alicyclic amines) is 1. The lowest BCUT2D eigenvalue weighted by atomic mass is 9.90. The number of nitrogens with zero attached hydrogens (tertiary/aromatic N) is 1.